The standard InChI is InChI=1S/C14H15NO3S3/c15-14(19)11-3-1-5-13(9-11)21(16,17)8-6-18-10-12-4-2-7-20-12/h1-5,7,9H,6,8,10H2,(H2,15,19). The van der Waals surface area contributed by atoms with Crippen LogP contribution in [0.4, 0.5) is 0 Å². The zero-order valence-electron chi connectivity index (χ0n) is 11.2. The van der Waals surface area contributed by atoms with Crippen LogP contribution in [-0.4, -0.2) is 25.8 Å². The van der Waals surface area contributed by atoms with Crippen LogP contribution in [-0.2, 0) is 21.2 Å². The smallest absolute Gasteiger partial charge is 0.180 e. The zero-order chi connectivity index (χ0) is 15.3. The van der Waals surface area contributed by atoms with Crippen LogP contribution in [0, 0.1) is 0 Å². The Morgan fingerprint density at radius 1 is 1.29 bits per heavy atom. The van der Waals surface area contributed by atoms with E-state index in [0.717, 1.165) is 4.88 Å². The van der Waals surface area contributed by atoms with Crippen molar-refractivity contribution in [2.45, 2.75) is 11.5 Å². The first-order chi connectivity index (χ1) is 9.99. The Bertz CT molecular complexity index is 709. The first-order valence-corrected chi connectivity index (χ1v) is 9.16. The fraction of sp³-hybridized carbons (Fsp3) is 0.214. The van der Waals surface area contributed by atoms with Crippen LogP contribution in [0.2, 0.25) is 0 Å². The lowest BCUT2D eigenvalue weighted by atomic mass is 10.2. The molecular weight excluding hydrogens is 326 g/mol. The molecule has 2 rings (SSSR count). The zero-order valence-corrected chi connectivity index (χ0v) is 13.6. The molecule has 0 bridgehead atoms. The summed E-state index contributed by atoms with van der Waals surface area (Å²) < 4.78 is 29.8. The van der Waals surface area contributed by atoms with Crippen LogP contribution in [0.3, 0.4) is 0 Å². The minimum atomic E-state index is -3.39. The van der Waals surface area contributed by atoms with Gasteiger partial charge in [-0.25, -0.2) is 8.42 Å². The van der Waals surface area contributed by atoms with Crippen molar-refractivity contribution in [3.63, 3.8) is 0 Å². The number of benzene rings is 1. The maximum Gasteiger partial charge on any atom is 0.180 e. The molecule has 0 spiro atoms. The van der Waals surface area contributed by atoms with Gasteiger partial charge in [0, 0.05) is 10.4 Å². The second-order valence-corrected chi connectivity index (χ2v) is 7.92. The molecule has 0 aliphatic rings. The van der Waals surface area contributed by atoms with Crippen molar-refractivity contribution in [3.8, 4) is 0 Å². The number of thiocarbonyl (C=S) groups is 1. The second-order valence-electron chi connectivity index (χ2n) is 4.34. The molecule has 0 atom stereocenters. The van der Waals surface area contributed by atoms with Crippen LogP contribution in [0.25, 0.3) is 0 Å². The van der Waals surface area contributed by atoms with Crippen LogP contribution in [0.1, 0.15) is 10.4 Å². The molecule has 0 aliphatic heterocycles. The molecule has 0 saturated heterocycles. The van der Waals surface area contributed by atoms with Gasteiger partial charge >= 0.3 is 0 Å². The molecule has 21 heavy (non-hydrogen) atoms. The van der Waals surface area contributed by atoms with Crippen LogP contribution < -0.4 is 5.73 Å². The monoisotopic (exact) mass is 341 g/mol. The molecule has 7 heteroatoms. The van der Waals surface area contributed by atoms with Crippen molar-refractivity contribution in [2.75, 3.05) is 12.4 Å². The van der Waals surface area contributed by atoms with Gasteiger partial charge in [0.05, 0.1) is 23.9 Å². The maximum absolute atomic E-state index is 12.2. The largest absolute Gasteiger partial charge is 0.389 e. The van der Waals surface area contributed by atoms with E-state index >= 15 is 0 Å². The summed E-state index contributed by atoms with van der Waals surface area (Å²) in [6.45, 7) is 0.581. The number of hydrogen-bond donors (Lipinski definition) is 1. The van der Waals surface area contributed by atoms with Gasteiger partial charge in [0.25, 0.3) is 0 Å². The maximum atomic E-state index is 12.2. The molecule has 2 aromatic rings. The summed E-state index contributed by atoms with van der Waals surface area (Å²) in [6, 6.07) is 10.2. The fourth-order valence-electron chi connectivity index (χ4n) is 1.70. The first-order valence-electron chi connectivity index (χ1n) is 6.22. The highest BCUT2D eigenvalue weighted by molar-refractivity contribution is 7.91. The Hall–Kier alpha value is -1.28. The fourth-order valence-corrected chi connectivity index (χ4v) is 3.63. The summed E-state index contributed by atoms with van der Waals surface area (Å²) in [5, 5.41) is 1.96. The number of thiophene rings is 1. The van der Waals surface area contributed by atoms with Crippen molar-refractivity contribution in [3.05, 3.63) is 52.2 Å². The molecule has 1 heterocycles. The van der Waals surface area contributed by atoms with E-state index < -0.39 is 9.84 Å². The predicted molar refractivity (Wildman–Crippen MR) is 88.4 cm³/mol. The topological polar surface area (TPSA) is 69.4 Å². The quantitative estimate of drug-likeness (QED) is 0.618. The highest BCUT2D eigenvalue weighted by Gasteiger charge is 2.15. The van der Waals surface area contributed by atoms with Crippen molar-refractivity contribution >= 4 is 38.4 Å². The lowest BCUT2D eigenvalue weighted by molar-refractivity contribution is 0.137. The Balaban J connectivity index is 1.95. The number of nitrogens with two attached hydrogens (primary N) is 1. The molecule has 0 radical (unpaired) electrons. The number of ether oxygens (including phenoxy) is 1. The minimum Gasteiger partial charge on any atom is -0.389 e. The molecule has 1 aromatic carbocycles. The number of rotatable bonds is 7. The lowest BCUT2D eigenvalue weighted by Gasteiger charge is -2.07. The van der Waals surface area contributed by atoms with Crippen molar-refractivity contribution in [1.29, 1.82) is 0 Å². The van der Waals surface area contributed by atoms with E-state index in [1.807, 2.05) is 17.5 Å². The van der Waals surface area contributed by atoms with Gasteiger partial charge in [0.1, 0.15) is 4.99 Å². The molecule has 4 nitrogen and oxygen atoms in total. The molecule has 0 aliphatic carbocycles. The van der Waals surface area contributed by atoms with Gasteiger partial charge in [0.15, 0.2) is 9.84 Å². The first kappa shape index (κ1) is 16.1. The predicted octanol–water partition coefficient (Wildman–Crippen LogP) is 2.37. The third-order valence-electron chi connectivity index (χ3n) is 2.80. The highest BCUT2D eigenvalue weighted by Crippen LogP contribution is 2.14. The van der Waals surface area contributed by atoms with Gasteiger partial charge in [-0.2, -0.15) is 0 Å². The number of hydrogen-bond acceptors (Lipinski definition) is 5. The van der Waals surface area contributed by atoms with Gasteiger partial charge < -0.3 is 10.5 Å². The molecule has 0 fully saturated rings. The molecule has 0 saturated carbocycles. The summed E-state index contributed by atoms with van der Waals surface area (Å²) >= 11 is 6.44. The van der Waals surface area contributed by atoms with E-state index in [1.54, 1.807) is 23.5 Å². The molecule has 0 unspecified atom stereocenters. The molecule has 112 valence electrons. The summed E-state index contributed by atoms with van der Waals surface area (Å²) in [5.74, 6) is -0.0703. The van der Waals surface area contributed by atoms with Crippen LogP contribution in [0.15, 0.2) is 46.7 Å². The van der Waals surface area contributed by atoms with E-state index in [-0.39, 0.29) is 22.2 Å². The highest BCUT2D eigenvalue weighted by atomic mass is 32.2. The normalized spacial score (nSPS) is 11.4. The minimum absolute atomic E-state index is 0.0703. The van der Waals surface area contributed by atoms with Crippen molar-refractivity contribution in [1.82, 2.24) is 0 Å². The van der Waals surface area contributed by atoms with Crippen LogP contribution >= 0.6 is 23.6 Å². The van der Waals surface area contributed by atoms with Gasteiger partial charge in [-0.3, -0.25) is 0 Å². The third kappa shape index (κ3) is 4.60. The summed E-state index contributed by atoms with van der Waals surface area (Å²) in [6.07, 6.45) is 0. The van der Waals surface area contributed by atoms with Gasteiger partial charge in [-0.1, -0.05) is 30.4 Å². The Kier molecular flexibility index (Phi) is 5.46. The molecule has 0 amide bonds. The van der Waals surface area contributed by atoms with E-state index in [4.69, 9.17) is 22.7 Å². The van der Waals surface area contributed by atoms with Gasteiger partial charge in [0.2, 0.25) is 0 Å². The Morgan fingerprint density at radius 3 is 2.76 bits per heavy atom. The summed E-state index contributed by atoms with van der Waals surface area (Å²) in [7, 11) is -3.39. The molecule has 1 aromatic heterocycles. The van der Waals surface area contributed by atoms with Gasteiger partial charge in [-0.15, -0.1) is 11.3 Å². The number of sulfone groups is 1. The Labute approximate surface area is 133 Å². The van der Waals surface area contributed by atoms with Gasteiger partial charge in [-0.05, 0) is 23.6 Å². The van der Waals surface area contributed by atoms with Crippen molar-refractivity contribution < 1.29 is 13.2 Å². The van der Waals surface area contributed by atoms with Crippen molar-refractivity contribution in [2.24, 2.45) is 5.73 Å². The SMILES string of the molecule is NC(=S)c1cccc(S(=O)(=O)CCOCc2cccs2)c1. The molecule has 2 N–H and O–H groups in total. The Morgan fingerprint density at radius 2 is 2.10 bits per heavy atom. The lowest BCUT2D eigenvalue weighted by Crippen LogP contribution is -2.14. The molecular formula is C14H15NO3S3. The second kappa shape index (κ2) is 7.13. The van der Waals surface area contributed by atoms with E-state index in [1.165, 1.54) is 12.1 Å². The summed E-state index contributed by atoms with van der Waals surface area (Å²) in [5.41, 5.74) is 6.06. The average Bonchev–Trinajstić information content (AvgIpc) is 2.97. The van der Waals surface area contributed by atoms with Crippen LogP contribution in [0.5, 0.6) is 0 Å². The summed E-state index contributed by atoms with van der Waals surface area (Å²) in [4.78, 5) is 1.47. The van der Waals surface area contributed by atoms with E-state index in [2.05, 4.69) is 0 Å². The van der Waals surface area contributed by atoms with E-state index in [9.17, 15) is 8.42 Å². The van der Waals surface area contributed by atoms with E-state index in [0.29, 0.717) is 12.2 Å². The average molecular weight is 341 g/mol. The third-order valence-corrected chi connectivity index (χ3v) is 5.56.